The summed E-state index contributed by atoms with van der Waals surface area (Å²) < 4.78 is 35.1. The molecule has 0 radical (unpaired) electrons. The molecule has 2 saturated heterocycles. The maximum atomic E-state index is 12.3. The van der Waals surface area contributed by atoms with Gasteiger partial charge in [0.15, 0.2) is 0 Å². The molecule has 2 aliphatic heterocycles. The SMILES string of the molecule is NC1CC1ONC(=O)C1C2CCC23CN1C(=O)N3OS(=O)(=O)O. The number of carbonyl (C=O) groups is 2. The van der Waals surface area contributed by atoms with Gasteiger partial charge in [0.1, 0.15) is 12.1 Å². The first kappa shape index (κ1) is 15.1. The lowest BCUT2D eigenvalue weighted by Crippen LogP contribution is -2.66. The van der Waals surface area contributed by atoms with E-state index >= 15 is 0 Å². The van der Waals surface area contributed by atoms with Crippen LogP contribution in [-0.4, -0.2) is 65.1 Å². The van der Waals surface area contributed by atoms with Crippen molar-refractivity contribution in [2.75, 3.05) is 6.54 Å². The maximum absolute atomic E-state index is 12.3. The number of hydrogen-bond donors (Lipinski definition) is 3. The van der Waals surface area contributed by atoms with E-state index < -0.39 is 33.9 Å². The number of amides is 3. The van der Waals surface area contributed by atoms with E-state index in [2.05, 4.69) is 9.76 Å². The number of nitrogens with one attached hydrogen (secondary N) is 1. The van der Waals surface area contributed by atoms with Crippen molar-refractivity contribution in [3.63, 3.8) is 0 Å². The summed E-state index contributed by atoms with van der Waals surface area (Å²) in [6.07, 6.45) is 1.58. The van der Waals surface area contributed by atoms with E-state index in [-0.39, 0.29) is 24.6 Å². The zero-order valence-corrected chi connectivity index (χ0v) is 12.7. The summed E-state index contributed by atoms with van der Waals surface area (Å²) in [6.45, 7) is 0.174. The number of carbonyl (C=O) groups excluding carboxylic acids is 2. The second kappa shape index (κ2) is 4.54. The molecule has 23 heavy (non-hydrogen) atoms. The van der Waals surface area contributed by atoms with Crippen LogP contribution in [0.3, 0.4) is 0 Å². The van der Waals surface area contributed by atoms with Crippen LogP contribution >= 0.6 is 0 Å². The van der Waals surface area contributed by atoms with E-state index in [1.54, 1.807) is 0 Å². The molecule has 12 heteroatoms. The molecule has 0 aromatic heterocycles. The van der Waals surface area contributed by atoms with Gasteiger partial charge in [0.2, 0.25) is 0 Å². The summed E-state index contributed by atoms with van der Waals surface area (Å²) in [4.78, 5) is 31.0. The van der Waals surface area contributed by atoms with Crippen molar-refractivity contribution in [2.45, 2.75) is 43.0 Å². The Balaban J connectivity index is 1.49. The van der Waals surface area contributed by atoms with Gasteiger partial charge in [0.05, 0.1) is 5.54 Å². The molecular formula is C11H16N4O7S. The van der Waals surface area contributed by atoms with Crippen LogP contribution in [0.5, 0.6) is 0 Å². The van der Waals surface area contributed by atoms with Crippen LogP contribution < -0.4 is 11.2 Å². The highest BCUT2D eigenvalue weighted by molar-refractivity contribution is 7.80. The Hall–Kier alpha value is -1.47. The van der Waals surface area contributed by atoms with Gasteiger partial charge in [-0.2, -0.15) is 13.5 Å². The summed E-state index contributed by atoms with van der Waals surface area (Å²) in [5.74, 6) is -0.742. The van der Waals surface area contributed by atoms with Crippen molar-refractivity contribution in [3.8, 4) is 0 Å². The average molecular weight is 348 g/mol. The zero-order chi connectivity index (χ0) is 16.6. The molecule has 5 unspecified atom stereocenters. The van der Waals surface area contributed by atoms with E-state index in [1.165, 1.54) is 4.90 Å². The Bertz CT molecular complexity index is 684. The van der Waals surface area contributed by atoms with E-state index in [1.807, 2.05) is 0 Å². The van der Waals surface area contributed by atoms with Crippen molar-refractivity contribution >= 4 is 22.3 Å². The van der Waals surface area contributed by atoms with Crippen LogP contribution in [-0.2, 0) is 24.3 Å². The molecule has 11 nitrogen and oxygen atoms in total. The lowest BCUT2D eigenvalue weighted by molar-refractivity contribution is -0.163. The van der Waals surface area contributed by atoms with Crippen LogP contribution in [0.25, 0.3) is 0 Å². The third kappa shape index (κ3) is 2.13. The van der Waals surface area contributed by atoms with Gasteiger partial charge < -0.3 is 10.6 Å². The first-order valence-corrected chi connectivity index (χ1v) is 8.58. The number of nitrogens with two attached hydrogens (primary N) is 1. The topological polar surface area (TPSA) is 151 Å². The standard InChI is InChI=1S/C11H16N4O7S/c12-6-3-7(6)21-13-9(16)8-5-1-2-11(5)4-14(8)10(17)15(11)22-23(18,19)20/h5-8H,1-4,12H2,(H,13,16)(H,18,19,20). The molecule has 2 aliphatic carbocycles. The predicted octanol–water partition coefficient (Wildman–Crippen LogP) is -1.86. The normalized spacial score (nSPS) is 40.9. The van der Waals surface area contributed by atoms with Crippen LogP contribution in [0, 0.1) is 5.92 Å². The van der Waals surface area contributed by atoms with Crippen molar-refractivity contribution in [1.29, 1.82) is 0 Å². The van der Waals surface area contributed by atoms with E-state index in [0.717, 1.165) is 0 Å². The van der Waals surface area contributed by atoms with Gasteiger partial charge in [-0.05, 0) is 19.3 Å². The summed E-state index contributed by atoms with van der Waals surface area (Å²) in [5.41, 5.74) is 7.01. The van der Waals surface area contributed by atoms with Gasteiger partial charge in [-0.1, -0.05) is 0 Å². The van der Waals surface area contributed by atoms with Crippen molar-refractivity contribution in [2.24, 2.45) is 11.7 Å². The minimum Gasteiger partial charge on any atom is -0.325 e. The summed E-state index contributed by atoms with van der Waals surface area (Å²) in [6, 6.07) is -1.60. The van der Waals surface area contributed by atoms with E-state index in [0.29, 0.717) is 24.3 Å². The number of hydrogen-bond acceptors (Lipinski definition) is 7. The highest BCUT2D eigenvalue weighted by Gasteiger charge is 2.72. The summed E-state index contributed by atoms with van der Waals surface area (Å²) >= 11 is 0. The first-order valence-electron chi connectivity index (χ1n) is 7.22. The highest BCUT2D eigenvalue weighted by atomic mass is 32.3. The van der Waals surface area contributed by atoms with Gasteiger partial charge >= 0.3 is 16.4 Å². The van der Waals surface area contributed by atoms with Crippen LogP contribution in [0.4, 0.5) is 4.79 Å². The number of nitrogens with zero attached hydrogens (tertiary/aromatic N) is 2. The highest BCUT2D eigenvalue weighted by Crippen LogP contribution is 2.57. The van der Waals surface area contributed by atoms with Gasteiger partial charge in [-0.25, -0.2) is 10.3 Å². The molecule has 5 atom stereocenters. The predicted molar refractivity (Wildman–Crippen MR) is 71.4 cm³/mol. The van der Waals surface area contributed by atoms with Crippen molar-refractivity contribution in [3.05, 3.63) is 0 Å². The quantitative estimate of drug-likeness (QED) is 0.386. The molecule has 128 valence electrons. The van der Waals surface area contributed by atoms with E-state index in [9.17, 15) is 18.0 Å². The molecule has 4 aliphatic rings. The molecule has 0 aromatic rings. The smallest absolute Gasteiger partial charge is 0.325 e. The first-order chi connectivity index (χ1) is 10.7. The molecule has 4 rings (SSSR count). The van der Waals surface area contributed by atoms with Gasteiger partial charge in [-0.15, -0.1) is 4.28 Å². The zero-order valence-electron chi connectivity index (χ0n) is 11.9. The summed E-state index contributed by atoms with van der Waals surface area (Å²) in [5, 5.41) is 0.679. The van der Waals surface area contributed by atoms with Crippen LogP contribution in [0.2, 0.25) is 0 Å². The third-order valence-electron chi connectivity index (χ3n) is 5.09. The third-order valence-corrected chi connectivity index (χ3v) is 5.43. The Morgan fingerprint density at radius 1 is 1.48 bits per heavy atom. The Morgan fingerprint density at radius 3 is 2.70 bits per heavy atom. The molecule has 4 fully saturated rings. The fraction of sp³-hybridized carbons (Fsp3) is 0.818. The fourth-order valence-electron chi connectivity index (χ4n) is 3.76. The monoisotopic (exact) mass is 348 g/mol. The molecular weight excluding hydrogens is 332 g/mol. The van der Waals surface area contributed by atoms with E-state index in [4.69, 9.17) is 15.1 Å². The van der Waals surface area contributed by atoms with Gasteiger partial charge in [0.25, 0.3) is 5.91 Å². The molecule has 2 heterocycles. The molecule has 0 aromatic carbocycles. The Morgan fingerprint density at radius 2 is 2.17 bits per heavy atom. The minimum atomic E-state index is -4.81. The van der Waals surface area contributed by atoms with Gasteiger partial charge in [0, 0.05) is 18.5 Å². The molecule has 4 N–H and O–H groups in total. The van der Waals surface area contributed by atoms with Crippen molar-refractivity contribution in [1.82, 2.24) is 15.4 Å². The summed E-state index contributed by atoms with van der Waals surface area (Å²) in [7, 11) is -4.81. The Kier molecular flexibility index (Phi) is 2.98. The second-order valence-corrected chi connectivity index (χ2v) is 7.43. The number of fused-ring (bicyclic) bond motifs is 1. The molecule has 1 spiro atoms. The largest absolute Gasteiger partial charge is 0.418 e. The fourth-order valence-corrected chi connectivity index (χ4v) is 4.16. The molecule has 3 amide bonds. The second-order valence-electron chi connectivity index (χ2n) is 6.42. The lowest BCUT2D eigenvalue weighted by atomic mass is 9.65. The maximum Gasteiger partial charge on any atom is 0.418 e. The van der Waals surface area contributed by atoms with Crippen LogP contribution in [0.15, 0.2) is 0 Å². The van der Waals surface area contributed by atoms with Gasteiger partial charge in [-0.3, -0.25) is 14.2 Å². The van der Waals surface area contributed by atoms with Crippen molar-refractivity contribution < 1.29 is 31.7 Å². The number of hydroxylamine groups is 3. The number of rotatable bonds is 5. The molecule has 2 saturated carbocycles. The Labute approximate surface area is 131 Å². The average Bonchev–Trinajstić information content (AvgIpc) is 2.99. The minimum absolute atomic E-state index is 0.0917. The lowest BCUT2D eigenvalue weighted by Gasteiger charge is -2.50. The van der Waals surface area contributed by atoms with Crippen LogP contribution in [0.1, 0.15) is 19.3 Å². The molecule has 2 bridgehead atoms. The number of urea groups is 1.